The van der Waals surface area contributed by atoms with Gasteiger partial charge in [0.1, 0.15) is 5.75 Å². The second-order valence-corrected chi connectivity index (χ2v) is 3.51. The molecule has 0 aliphatic carbocycles. The maximum Gasteiger partial charge on any atom is 0.573 e. The number of ether oxygens (including phenoxy) is 1. The summed E-state index contributed by atoms with van der Waals surface area (Å²) in [4.78, 5) is 0. The van der Waals surface area contributed by atoms with Crippen molar-refractivity contribution in [2.24, 2.45) is 5.73 Å². The van der Waals surface area contributed by atoms with Crippen LogP contribution in [0.25, 0.3) is 0 Å². The van der Waals surface area contributed by atoms with Gasteiger partial charge in [-0.2, -0.15) is 0 Å². The van der Waals surface area contributed by atoms with Crippen LogP contribution in [0.15, 0.2) is 24.3 Å². The zero-order valence-corrected chi connectivity index (χ0v) is 9.26. The third-order valence-corrected chi connectivity index (χ3v) is 2.02. The zero-order chi connectivity index (χ0) is 12.7. The van der Waals surface area contributed by atoms with Gasteiger partial charge in [0, 0.05) is 6.54 Å². The molecule has 1 aromatic carbocycles. The SMILES string of the molecule is NCCCNCc1cccc(OC(F)(F)F)c1. The Morgan fingerprint density at radius 1 is 1.29 bits per heavy atom. The summed E-state index contributed by atoms with van der Waals surface area (Å²) in [6.45, 7) is 1.82. The van der Waals surface area contributed by atoms with E-state index in [-0.39, 0.29) is 5.75 Å². The van der Waals surface area contributed by atoms with Gasteiger partial charge in [-0.05, 0) is 37.2 Å². The summed E-state index contributed by atoms with van der Waals surface area (Å²) in [6.07, 6.45) is -3.82. The van der Waals surface area contributed by atoms with Gasteiger partial charge in [0.05, 0.1) is 0 Å². The highest BCUT2D eigenvalue weighted by molar-refractivity contribution is 5.28. The molecule has 96 valence electrons. The summed E-state index contributed by atoms with van der Waals surface area (Å²) >= 11 is 0. The van der Waals surface area contributed by atoms with Crippen LogP contribution in [0.4, 0.5) is 13.2 Å². The van der Waals surface area contributed by atoms with Crippen molar-refractivity contribution in [1.82, 2.24) is 5.32 Å². The van der Waals surface area contributed by atoms with Crippen LogP contribution in [0, 0.1) is 0 Å². The lowest BCUT2D eigenvalue weighted by Crippen LogP contribution is -2.19. The van der Waals surface area contributed by atoms with E-state index in [4.69, 9.17) is 5.73 Å². The van der Waals surface area contributed by atoms with E-state index < -0.39 is 6.36 Å². The molecule has 0 heterocycles. The van der Waals surface area contributed by atoms with Crippen molar-refractivity contribution in [3.63, 3.8) is 0 Å². The number of nitrogens with two attached hydrogens (primary N) is 1. The van der Waals surface area contributed by atoms with Crippen LogP contribution in [-0.4, -0.2) is 19.5 Å². The molecular weight excluding hydrogens is 233 g/mol. The Morgan fingerprint density at radius 2 is 2.06 bits per heavy atom. The monoisotopic (exact) mass is 248 g/mol. The molecule has 0 radical (unpaired) electrons. The summed E-state index contributed by atoms with van der Waals surface area (Å²) < 4.78 is 39.7. The summed E-state index contributed by atoms with van der Waals surface area (Å²) in [7, 11) is 0. The van der Waals surface area contributed by atoms with Gasteiger partial charge in [0.15, 0.2) is 0 Å². The van der Waals surface area contributed by atoms with Crippen LogP contribution in [-0.2, 0) is 6.54 Å². The van der Waals surface area contributed by atoms with Crippen LogP contribution >= 0.6 is 0 Å². The number of hydrogen-bond donors (Lipinski definition) is 2. The van der Waals surface area contributed by atoms with E-state index in [0.717, 1.165) is 18.5 Å². The fraction of sp³-hybridized carbons (Fsp3) is 0.455. The highest BCUT2D eigenvalue weighted by Gasteiger charge is 2.30. The molecule has 0 aromatic heterocycles. The Morgan fingerprint density at radius 3 is 2.71 bits per heavy atom. The maximum atomic E-state index is 12.0. The Kier molecular flexibility index (Phi) is 5.24. The zero-order valence-electron chi connectivity index (χ0n) is 9.26. The Bertz CT molecular complexity index is 342. The molecule has 1 aromatic rings. The van der Waals surface area contributed by atoms with Crippen molar-refractivity contribution in [3.05, 3.63) is 29.8 Å². The van der Waals surface area contributed by atoms with Crippen molar-refractivity contribution < 1.29 is 17.9 Å². The van der Waals surface area contributed by atoms with E-state index in [1.54, 1.807) is 6.07 Å². The van der Waals surface area contributed by atoms with Crippen LogP contribution in [0.5, 0.6) is 5.75 Å². The molecule has 0 aliphatic rings. The Hall–Kier alpha value is -1.27. The molecule has 0 saturated carbocycles. The average molecular weight is 248 g/mol. The molecule has 3 nitrogen and oxygen atoms in total. The minimum Gasteiger partial charge on any atom is -0.406 e. The molecular formula is C11H15F3N2O. The molecule has 0 spiro atoms. The first-order chi connectivity index (χ1) is 8.01. The lowest BCUT2D eigenvalue weighted by molar-refractivity contribution is -0.274. The van der Waals surface area contributed by atoms with Crippen molar-refractivity contribution in [1.29, 1.82) is 0 Å². The molecule has 0 saturated heterocycles. The number of halogens is 3. The summed E-state index contributed by atoms with van der Waals surface area (Å²) in [5, 5.41) is 3.08. The molecule has 6 heteroatoms. The summed E-state index contributed by atoms with van der Waals surface area (Å²) in [5.74, 6) is -0.198. The van der Waals surface area contributed by atoms with Crippen LogP contribution in [0.2, 0.25) is 0 Å². The first-order valence-corrected chi connectivity index (χ1v) is 5.27. The van der Waals surface area contributed by atoms with Crippen LogP contribution < -0.4 is 15.8 Å². The number of alkyl halides is 3. The topological polar surface area (TPSA) is 47.3 Å². The van der Waals surface area contributed by atoms with Gasteiger partial charge >= 0.3 is 6.36 Å². The van der Waals surface area contributed by atoms with Crippen molar-refractivity contribution >= 4 is 0 Å². The normalized spacial score (nSPS) is 11.5. The summed E-state index contributed by atoms with van der Waals surface area (Å²) in [6, 6.07) is 5.90. The van der Waals surface area contributed by atoms with Crippen LogP contribution in [0.1, 0.15) is 12.0 Å². The van der Waals surface area contributed by atoms with Gasteiger partial charge < -0.3 is 15.8 Å². The number of rotatable bonds is 6. The molecule has 0 atom stereocenters. The fourth-order valence-electron chi connectivity index (χ4n) is 1.31. The maximum absolute atomic E-state index is 12.0. The highest BCUT2D eigenvalue weighted by Crippen LogP contribution is 2.23. The predicted octanol–water partition coefficient (Wildman–Crippen LogP) is 2.02. The van der Waals surface area contributed by atoms with Gasteiger partial charge in [-0.15, -0.1) is 13.2 Å². The van der Waals surface area contributed by atoms with Crippen molar-refractivity contribution in [2.75, 3.05) is 13.1 Å². The van der Waals surface area contributed by atoms with E-state index in [0.29, 0.717) is 13.1 Å². The number of benzene rings is 1. The van der Waals surface area contributed by atoms with E-state index in [9.17, 15) is 13.2 Å². The average Bonchev–Trinajstić information content (AvgIpc) is 2.23. The van der Waals surface area contributed by atoms with Gasteiger partial charge in [0.2, 0.25) is 0 Å². The van der Waals surface area contributed by atoms with Crippen molar-refractivity contribution in [2.45, 2.75) is 19.3 Å². The number of nitrogens with one attached hydrogen (secondary N) is 1. The van der Waals surface area contributed by atoms with Gasteiger partial charge in [0.25, 0.3) is 0 Å². The smallest absolute Gasteiger partial charge is 0.406 e. The van der Waals surface area contributed by atoms with Crippen molar-refractivity contribution in [3.8, 4) is 5.75 Å². The molecule has 3 N–H and O–H groups in total. The first kappa shape index (κ1) is 13.8. The fourth-order valence-corrected chi connectivity index (χ4v) is 1.31. The third kappa shape index (κ3) is 6.13. The Balaban J connectivity index is 2.48. The minimum atomic E-state index is -4.65. The van der Waals surface area contributed by atoms with Crippen LogP contribution in [0.3, 0.4) is 0 Å². The lowest BCUT2D eigenvalue weighted by atomic mass is 10.2. The van der Waals surface area contributed by atoms with E-state index in [2.05, 4.69) is 10.1 Å². The second-order valence-electron chi connectivity index (χ2n) is 3.51. The van der Waals surface area contributed by atoms with E-state index in [1.807, 2.05) is 0 Å². The molecule has 0 unspecified atom stereocenters. The van der Waals surface area contributed by atoms with Gasteiger partial charge in [-0.3, -0.25) is 0 Å². The molecule has 1 rings (SSSR count). The lowest BCUT2D eigenvalue weighted by Gasteiger charge is -2.10. The van der Waals surface area contributed by atoms with E-state index >= 15 is 0 Å². The van der Waals surface area contributed by atoms with Gasteiger partial charge in [-0.25, -0.2) is 0 Å². The molecule has 17 heavy (non-hydrogen) atoms. The second kappa shape index (κ2) is 6.46. The Labute approximate surface area is 97.8 Å². The third-order valence-electron chi connectivity index (χ3n) is 2.02. The van der Waals surface area contributed by atoms with Gasteiger partial charge in [-0.1, -0.05) is 12.1 Å². The molecule has 0 amide bonds. The molecule has 0 aliphatic heterocycles. The number of hydrogen-bond acceptors (Lipinski definition) is 3. The quantitative estimate of drug-likeness (QED) is 0.757. The largest absolute Gasteiger partial charge is 0.573 e. The molecule has 0 bridgehead atoms. The summed E-state index contributed by atoms with van der Waals surface area (Å²) in [5.41, 5.74) is 6.06. The predicted molar refractivity (Wildman–Crippen MR) is 58.5 cm³/mol. The van der Waals surface area contributed by atoms with E-state index in [1.165, 1.54) is 18.2 Å². The molecule has 0 fully saturated rings. The highest BCUT2D eigenvalue weighted by atomic mass is 19.4. The standard InChI is InChI=1S/C11H15F3N2O/c12-11(13,14)17-10-4-1-3-9(7-10)8-16-6-2-5-15/h1,3-4,7,16H,2,5-6,8,15H2. The minimum absolute atomic E-state index is 0.198. The first-order valence-electron chi connectivity index (χ1n) is 5.27.